The van der Waals surface area contributed by atoms with Crippen LogP contribution in [0.3, 0.4) is 0 Å². The molecular weight excluding hydrogens is 332 g/mol. The first-order valence-electron chi connectivity index (χ1n) is 6.36. The number of hydrogen-bond donors (Lipinski definition) is 0. The molecule has 1 atom stereocenters. The zero-order chi connectivity index (χ0) is 15.7. The van der Waals surface area contributed by atoms with Gasteiger partial charge < -0.3 is 4.43 Å². The standard InChI is InChI=1S/C7H18OSi.C4H7Cl2F3Si/c1-5-6(2)7(3,4)8-9;5-10(6)3-1-2-4(7,8)9/h6H,5H2,1-4,9H3;10H,1-3H2. The summed E-state index contributed by atoms with van der Waals surface area (Å²) >= 11 is 10.7. The van der Waals surface area contributed by atoms with Crippen LogP contribution in [0.25, 0.3) is 0 Å². The summed E-state index contributed by atoms with van der Waals surface area (Å²) in [5.41, 5.74) is 0.112. The van der Waals surface area contributed by atoms with Gasteiger partial charge in [0.15, 0.2) is 0 Å². The van der Waals surface area contributed by atoms with E-state index in [-0.39, 0.29) is 12.0 Å². The highest BCUT2D eigenvalue weighted by Gasteiger charge is 2.26. The SMILES string of the molecule is CCC(C)C(C)(C)O[SiH3].FC(F)(F)CCC[SiH](Cl)Cl. The van der Waals surface area contributed by atoms with E-state index in [1.807, 2.05) is 0 Å². The summed E-state index contributed by atoms with van der Waals surface area (Å²) in [5.74, 6) is 0.676. The Morgan fingerprint density at radius 1 is 1.26 bits per heavy atom. The Morgan fingerprint density at radius 2 is 1.74 bits per heavy atom. The summed E-state index contributed by atoms with van der Waals surface area (Å²) in [7, 11) is -0.966. The summed E-state index contributed by atoms with van der Waals surface area (Å²) < 4.78 is 39.7. The topological polar surface area (TPSA) is 9.23 Å². The van der Waals surface area contributed by atoms with Crippen LogP contribution in [0, 0.1) is 5.92 Å². The van der Waals surface area contributed by atoms with Crippen molar-refractivity contribution in [2.24, 2.45) is 5.92 Å². The van der Waals surface area contributed by atoms with Crippen molar-refractivity contribution in [2.45, 2.75) is 64.8 Å². The molecule has 0 N–H and O–H groups in total. The van der Waals surface area contributed by atoms with Crippen molar-refractivity contribution < 1.29 is 17.6 Å². The molecule has 0 aliphatic carbocycles. The van der Waals surface area contributed by atoms with Crippen molar-refractivity contribution >= 4 is 40.1 Å². The molecule has 19 heavy (non-hydrogen) atoms. The van der Waals surface area contributed by atoms with Crippen LogP contribution in [0.4, 0.5) is 13.2 Å². The molecule has 0 fully saturated rings. The van der Waals surface area contributed by atoms with Gasteiger partial charge in [-0.1, -0.05) is 20.3 Å². The average Bonchev–Trinajstić information content (AvgIpc) is 2.26. The first-order valence-corrected chi connectivity index (χ1v) is 11.5. The highest BCUT2D eigenvalue weighted by molar-refractivity contribution is 7.33. The molecule has 0 spiro atoms. The third-order valence-electron chi connectivity index (χ3n) is 3.21. The van der Waals surface area contributed by atoms with E-state index in [9.17, 15) is 13.2 Å². The van der Waals surface area contributed by atoms with E-state index < -0.39 is 20.0 Å². The van der Waals surface area contributed by atoms with Crippen LogP contribution in [0.1, 0.15) is 47.0 Å². The third kappa shape index (κ3) is 15.0. The van der Waals surface area contributed by atoms with Crippen LogP contribution < -0.4 is 0 Å². The average molecular weight is 357 g/mol. The molecule has 0 heterocycles. The Balaban J connectivity index is 0. The summed E-state index contributed by atoms with van der Waals surface area (Å²) in [6.07, 6.45) is -3.56. The number of halogens is 5. The summed E-state index contributed by atoms with van der Waals surface area (Å²) in [5, 5.41) is 0. The molecule has 8 heteroatoms. The van der Waals surface area contributed by atoms with Crippen LogP contribution in [0.2, 0.25) is 6.04 Å². The largest absolute Gasteiger partial charge is 0.423 e. The fourth-order valence-corrected chi connectivity index (χ4v) is 2.99. The van der Waals surface area contributed by atoms with Crippen molar-refractivity contribution in [2.75, 3.05) is 0 Å². The molecule has 0 rings (SSSR count). The molecule has 1 unspecified atom stereocenters. The maximum absolute atomic E-state index is 11.4. The van der Waals surface area contributed by atoms with Gasteiger partial charge >= 0.3 is 6.18 Å². The van der Waals surface area contributed by atoms with Gasteiger partial charge in [-0.2, -0.15) is 35.3 Å². The van der Waals surface area contributed by atoms with Gasteiger partial charge in [-0.3, -0.25) is 0 Å². The van der Waals surface area contributed by atoms with Gasteiger partial charge in [0.25, 0.3) is 0 Å². The quantitative estimate of drug-likeness (QED) is 0.513. The Morgan fingerprint density at radius 3 is 1.95 bits per heavy atom. The number of alkyl halides is 3. The molecule has 0 aromatic rings. The van der Waals surface area contributed by atoms with Crippen LogP contribution in [-0.2, 0) is 4.43 Å². The Labute approximate surface area is 128 Å². The lowest BCUT2D eigenvalue weighted by molar-refractivity contribution is -0.134. The van der Waals surface area contributed by atoms with Crippen molar-refractivity contribution in [3.63, 3.8) is 0 Å². The van der Waals surface area contributed by atoms with Crippen LogP contribution in [-0.4, -0.2) is 29.7 Å². The second-order valence-corrected chi connectivity index (χ2v) is 10.6. The van der Waals surface area contributed by atoms with E-state index in [0.717, 1.165) is 10.5 Å². The number of hydrogen-bond acceptors (Lipinski definition) is 1. The van der Waals surface area contributed by atoms with Crippen molar-refractivity contribution in [1.29, 1.82) is 0 Å². The van der Waals surface area contributed by atoms with Crippen LogP contribution in [0.15, 0.2) is 0 Å². The second-order valence-electron chi connectivity index (χ2n) is 5.02. The third-order valence-corrected chi connectivity index (χ3v) is 6.41. The molecule has 0 aromatic carbocycles. The predicted octanol–water partition coefficient (Wildman–Crippen LogP) is 4.14. The maximum Gasteiger partial charge on any atom is 0.389 e. The van der Waals surface area contributed by atoms with E-state index in [1.54, 1.807) is 0 Å². The first kappa shape index (κ1) is 22.1. The summed E-state index contributed by atoms with van der Waals surface area (Å²) in [6.45, 7) is 8.76. The lowest BCUT2D eigenvalue weighted by Crippen LogP contribution is -2.31. The second kappa shape index (κ2) is 10.5. The van der Waals surface area contributed by atoms with Crippen LogP contribution in [0.5, 0.6) is 0 Å². The van der Waals surface area contributed by atoms with Gasteiger partial charge in [0.1, 0.15) is 10.5 Å². The monoisotopic (exact) mass is 356 g/mol. The van der Waals surface area contributed by atoms with Gasteiger partial charge in [-0.05, 0) is 32.2 Å². The lowest BCUT2D eigenvalue weighted by atomic mass is 9.91. The molecule has 118 valence electrons. The molecule has 0 aromatic heterocycles. The molecule has 0 bridgehead atoms. The van der Waals surface area contributed by atoms with Crippen molar-refractivity contribution in [1.82, 2.24) is 0 Å². The van der Waals surface area contributed by atoms with Crippen molar-refractivity contribution in [3.8, 4) is 0 Å². The highest BCUT2D eigenvalue weighted by atomic mass is 35.7. The summed E-state index contributed by atoms with van der Waals surface area (Å²) in [6, 6.07) is 0.336. The molecule has 0 saturated heterocycles. The fourth-order valence-electron chi connectivity index (χ4n) is 1.15. The molecule has 0 radical (unpaired) electrons. The van der Waals surface area contributed by atoms with E-state index in [0.29, 0.717) is 12.0 Å². The fraction of sp³-hybridized carbons (Fsp3) is 1.00. The lowest BCUT2D eigenvalue weighted by Gasteiger charge is -2.30. The van der Waals surface area contributed by atoms with Crippen molar-refractivity contribution in [3.05, 3.63) is 0 Å². The predicted molar refractivity (Wildman–Crippen MR) is 83.5 cm³/mol. The number of rotatable bonds is 6. The molecule has 0 aliphatic rings. The van der Waals surface area contributed by atoms with E-state index >= 15 is 0 Å². The minimum Gasteiger partial charge on any atom is -0.423 e. The maximum atomic E-state index is 11.4. The molecule has 1 nitrogen and oxygen atoms in total. The normalized spacial score (nSPS) is 14.2. The van der Waals surface area contributed by atoms with Gasteiger partial charge in [0.05, 0.1) is 5.60 Å². The Bertz CT molecular complexity index is 226. The summed E-state index contributed by atoms with van der Waals surface area (Å²) in [4.78, 5) is 0. The first-order chi connectivity index (χ1) is 8.46. The minimum atomic E-state index is -4.06. The highest BCUT2D eigenvalue weighted by Crippen LogP contribution is 2.23. The zero-order valence-corrected chi connectivity index (χ0v) is 16.9. The molecule has 0 saturated carbocycles. The van der Waals surface area contributed by atoms with E-state index in [1.165, 1.54) is 6.42 Å². The van der Waals surface area contributed by atoms with E-state index in [4.69, 9.17) is 26.6 Å². The Hall–Kier alpha value is 0.764. The molecular formula is C11H25Cl2F3OSi2. The van der Waals surface area contributed by atoms with Gasteiger partial charge in [-0.15, -0.1) is 0 Å². The molecule has 0 amide bonds. The zero-order valence-electron chi connectivity index (χ0n) is 12.3. The van der Waals surface area contributed by atoms with Crippen LogP contribution >= 0.6 is 22.2 Å². The van der Waals surface area contributed by atoms with Gasteiger partial charge in [0.2, 0.25) is 7.42 Å². The van der Waals surface area contributed by atoms with Gasteiger partial charge in [-0.25, -0.2) is 0 Å². The minimum absolute atomic E-state index is 0.0629. The smallest absolute Gasteiger partial charge is 0.389 e. The Kier molecular flexibility index (Phi) is 12.2. The van der Waals surface area contributed by atoms with Gasteiger partial charge in [0, 0.05) is 6.42 Å². The molecule has 0 aliphatic heterocycles. The van der Waals surface area contributed by atoms with E-state index in [2.05, 4.69) is 27.7 Å².